The van der Waals surface area contributed by atoms with E-state index in [9.17, 15) is 9.59 Å². The molecule has 108 valence electrons. The molecule has 1 aliphatic rings. The Morgan fingerprint density at radius 1 is 1.29 bits per heavy atom. The second-order valence-corrected chi connectivity index (χ2v) is 6.68. The number of amides is 1. The summed E-state index contributed by atoms with van der Waals surface area (Å²) in [4.78, 5) is 26.6. The number of carbonyl (C=O) groups is 2. The number of rotatable bonds is 3. The average Bonchev–Trinajstić information content (AvgIpc) is 2.96. The molecule has 0 saturated heterocycles. The van der Waals surface area contributed by atoms with Crippen molar-refractivity contribution in [3.05, 3.63) is 51.7 Å². The maximum absolute atomic E-state index is 12.6. The number of carboxylic acids is 1. The van der Waals surface area contributed by atoms with Crippen LogP contribution in [0.5, 0.6) is 0 Å². The van der Waals surface area contributed by atoms with Gasteiger partial charge in [0.15, 0.2) is 0 Å². The van der Waals surface area contributed by atoms with Gasteiger partial charge in [-0.2, -0.15) is 0 Å². The van der Waals surface area contributed by atoms with E-state index >= 15 is 0 Å². The second-order valence-electron chi connectivity index (χ2n) is 5.63. The van der Waals surface area contributed by atoms with E-state index in [-0.39, 0.29) is 10.8 Å². The summed E-state index contributed by atoms with van der Waals surface area (Å²) in [6.07, 6.45) is 0. The van der Waals surface area contributed by atoms with E-state index in [2.05, 4.69) is 0 Å². The van der Waals surface area contributed by atoms with Crippen molar-refractivity contribution >= 4 is 28.9 Å². The third kappa shape index (κ3) is 2.14. The number of anilines is 1. The fourth-order valence-corrected chi connectivity index (χ4v) is 3.70. The molecule has 1 aromatic heterocycles. The van der Waals surface area contributed by atoms with Crippen LogP contribution in [-0.4, -0.2) is 17.0 Å². The minimum absolute atomic E-state index is 0.0181. The molecule has 1 amide bonds. The number of aromatic carboxylic acids is 1. The number of hydrogen-bond donors (Lipinski definition) is 1. The number of carbonyl (C=O) groups excluding carboxylic acids is 1. The zero-order valence-corrected chi connectivity index (χ0v) is 12.6. The highest BCUT2D eigenvalue weighted by atomic mass is 32.1. The zero-order valence-electron chi connectivity index (χ0n) is 11.8. The largest absolute Gasteiger partial charge is 0.477 e. The third-order valence-corrected chi connectivity index (χ3v) is 5.18. The fourth-order valence-electron chi connectivity index (χ4n) is 2.60. The molecule has 3 rings (SSSR count). The highest BCUT2D eigenvalue weighted by Gasteiger charge is 2.46. The van der Waals surface area contributed by atoms with Crippen LogP contribution in [0, 0.1) is 0 Å². The Labute approximate surface area is 126 Å². The lowest BCUT2D eigenvalue weighted by Gasteiger charge is -2.21. The summed E-state index contributed by atoms with van der Waals surface area (Å²) in [6.45, 7) is 4.16. The van der Waals surface area contributed by atoms with Gasteiger partial charge in [0.2, 0.25) is 5.91 Å². The van der Waals surface area contributed by atoms with Crippen molar-refractivity contribution in [3.8, 4) is 0 Å². The van der Waals surface area contributed by atoms with Crippen molar-refractivity contribution in [2.75, 3.05) is 4.90 Å². The van der Waals surface area contributed by atoms with Gasteiger partial charge in [0.1, 0.15) is 4.88 Å². The van der Waals surface area contributed by atoms with Crippen LogP contribution in [0.2, 0.25) is 0 Å². The fraction of sp³-hybridized carbons (Fsp3) is 0.250. The molecule has 5 heteroatoms. The van der Waals surface area contributed by atoms with E-state index in [0.29, 0.717) is 6.54 Å². The molecule has 21 heavy (non-hydrogen) atoms. The van der Waals surface area contributed by atoms with Crippen LogP contribution >= 0.6 is 11.3 Å². The van der Waals surface area contributed by atoms with Crippen molar-refractivity contribution in [2.24, 2.45) is 0 Å². The van der Waals surface area contributed by atoms with E-state index < -0.39 is 11.4 Å². The van der Waals surface area contributed by atoms with Crippen LogP contribution in [0.3, 0.4) is 0 Å². The average molecular weight is 301 g/mol. The quantitative estimate of drug-likeness (QED) is 0.946. The molecule has 4 nitrogen and oxygen atoms in total. The Bertz CT molecular complexity index is 718. The second kappa shape index (κ2) is 4.70. The molecule has 1 aromatic carbocycles. The summed E-state index contributed by atoms with van der Waals surface area (Å²) in [7, 11) is 0. The molecule has 0 atom stereocenters. The van der Waals surface area contributed by atoms with Crippen LogP contribution in [0.25, 0.3) is 0 Å². The van der Waals surface area contributed by atoms with Crippen molar-refractivity contribution in [3.63, 3.8) is 0 Å². The molecule has 0 bridgehead atoms. The van der Waals surface area contributed by atoms with Gasteiger partial charge in [-0.05, 0) is 25.5 Å². The van der Waals surface area contributed by atoms with E-state index in [0.717, 1.165) is 16.1 Å². The van der Waals surface area contributed by atoms with Crippen LogP contribution in [0.15, 0.2) is 36.4 Å². The summed E-state index contributed by atoms with van der Waals surface area (Å²) < 4.78 is 0. The standard InChI is InChI=1S/C16H15NO3S/c1-16(2)13-11(8-12(21-13)14(18)19)17(15(16)20)9-10-6-4-3-5-7-10/h3-8H,9H2,1-2H3,(H,18,19). The Kier molecular flexibility index (Phi) is 3.10. The molecule has 2 aromatic rings. The minimum atomic E-state index is -0.947. The highest BCUT2D eigenvalue weighted by molar-refractivity contribution is 7.15. The third-order valence-electron chi connectivity index (χ3n) is 3.75. The Morgan fingerprint density at radius 2 is 1.95 bits per heavy atom. The summed E-state index contributed by atoms with van der Waals surface area (Å²) >= 11 is 1.19. The number of thiophene rings is 1. The topological polar surface area (TPSA) is 57.6 Å². The van der Waals surface area contributed by atoms with Gasteiger partial charge in [-0.15, -0.1) is 11.3 Å². The lowest BCUT2D eigenvalue weighted by atomic mass is 9.93. The molecule has 0 saturated carbocycles. The predicted octanol–water partition coefficient (Wildman–Crippen LogP) is 3.27. The molecule has 2 heterocycles. The van der Waals surface area contributed by atoms with E-state index in [4.69, 9.17) is 5.11 Å². The molecule has 1 aliphatic heterocycles. The van der Waals surface area contributed by atoms with Gasteiger partial charge in [-0.1, -0.05) is 30.3 Å². The Morgan fingerprint density at radius 3 is 2.57 bits per heavy atom. The molecule has 0 spiro atoms. The van der Waals surface area contributed by atoms with Crippen molar-refractivity contribution in [1.82, 2.24) is 0 Å². The van der Waals surface area contributed by atoms with Crippen LogP contribution in [-0.2, 0) is 16.8 Å². The monoisotopic (exact) mass is 301 g/mol. The van der Waals surface area contributed by atoms with Gasteiger partial charge in [0, 0.05) is 4.88 Å². The Balaban J connectivity index is 2.03. The molecule has 0 aliphatic carbocycles. The van der Waals surface area contributed by atoms with E-state index in [1.54, 1.807) is 11.0 Å². The lowest BCUT2D eigenvalue weighted by Crippen LogP contribution is -2.35. The van der Waals surface area contributed by atoms with Gasteiger partial charge in [-0.3, -0.25) is 4.79 Å². The number of fused-ring (bicyclic) bond motifs is 1. The first-order valence-electron chi connectivity index (χ1n) is 6.65. The van der Waals surface area contributed by atoms with Crippen LogP contribution < -0.4 is 4.90 Å². The molecule has 0 unspecified atom stereocenters. The Hall–Kier alpha value is -2.14. The first-order valence-corrected chi connectivity index (χ1v) is 7.46. The first kappa shape index (κ1) is 13.8. The summed E-state index contributed by atoms with van der Waals surface area (Å²) in [6, 6.07) is 11.3. The van der Waals surface area contributed by atoms with E-state index in [1.807, 2.05) is 44.2 Å². The minimum Gasteiger partial charge on any atom is -0.477 e. The van der Waals surface area contributed by atoms with Crippen LogP contribution in [0.1, 0.15) is 34.0 Å². The summed E-state index contributed by atoms with van der Waals surface area (Å²) in [5.41, 5.74) is 1.09. The molecule has 1 N–H and O–H groups in total. The highest BCUT2D eigenvalue weighted by Crippen LogP contribution is 2.47. The van der Waals surface area contributed by atoms with Gasteiger partial charge in [0.25, 0.3) is 0 Å². The normalized spacial score (nSPS) is 16.1. The number of hydrogen-bond acceptors (Lipinski definition) is 3. The van der Waals surface area contributed by atoms with Crippen molar-refractivity contribution < 1.29 is 14.7 Å². The number of nitrogens with zero attached hydrogens (tertiary/aromatic N) is 1. The maximum atomic E-state index is 12.6. The summed E-state index contributed by atoms with van der Waals surface area (Å²) in [5, 5.41) is 9.16. The molecular formula is C16H15NO3S. The van der Waals surface area contributed by atoms with Gasteiger partial charge >= 0.3 is 5.97 Å². The predicted molar refractivity (Wildman–Crippen MR) is 81.9 cm³/mol. The van der Waals surface area contributed by atoms with Crippen molar-refractivity contribution in [1.29, 1.82) is 0 Å². The summed E-state index contributed by atoms with van der Waals surface area (Å²) in [5.74, 6) is -0.929. The van der Waals surface area contributed by atoms with Crippen molar-refractivity contribution in [2.45, 2.75) is 25.8 Å². The maximum Gasteiger partial charge on any atom is 0.345 e. The smallest absolute Gasteiger partial charge is 0.345 e. The number of benzene rings is 1. The SMILES string of the molecule is CC1(C)C(=O)N(Cc2ccccc2)c2cc(C(=O)O)sc21. The molecule has 0 radical (unpaired) electrons. The lowest BCUT2D eigenvalue weighted by molar-refractivity contribution is -0.122. The van der Waals surface area contributed by atoms with Gasteiger partial charge in [0.05, 0.1) is 17.6 Å². The number of carboxylic acid groups (broad SMARTS) is 1. The van der Waals surface area contributed by atoms with Gasteiger partial charge < -0.3 is 10.0 Å². The first-order chi connectivity index (χ1) is 9.91. The van der Waals surface area contributed by atoms with Gasteiger partial charge in [-0.25, -0.2) is 4.79 Å². The molecule has 0 fully saturated rings. The van der Waals surface area contributed by atoms with Crippen LogP contribution in [0.4, 0.5) is 5.69 Å². The van der Waals surface area contributed by atoms with E-state index in [1.165, 1.54) is 11.3 Å². The molecular weight excluding hydrogens is 286 g/mol. The zero-order chi connectivity index (χ0) is 15.2.